The van der Waals surface area contributed by atoms with Gasteiger partial charge in [0.05, 0.1) is 0 Å². The molecule has 5 heteroatoms. The smallest absolute Gasteiger partial charge is 0.160 e. The first-order valence-corrected chi connectivity index (χ1v) is 20.3. The number of thiophene rings is 1. The summed E-state index contributed by atoms with van der Waals surface area (Å²) < 4.78 is 2.43. The number of nitrogens with zero attached hydrogens (tertiary/aromatic N) is 3. The summed E-state index contributed by atoms with van der Waals surface area (Å²) in [6, 6.07) is 65.4. The van der Waals surface area contributed by atoms with E-state index >= 15 is 0 Å². The maximum Gasteiger partial charge on any atom is 0.160 e. The van der Waals surface area contributed by atoms with E-state index in [0.29, 0.717) is 0 Å². The van der Waals surface area contributed by atoms with Crippen molar-refractivity contribution in [2.45, 2.75) is 25.4 Å². The van der Waals surface area contributed by atoms with Crippen LogP contribution in [0.1, 0.15) is 47.8 Å². The molecule has 0 amide bonds. The molecule has 1 aliphatic carbocycles. The molecule has 0 saturated carbocycles. The zero-order chi connectivity index (χ0) is 38.1. The summed E-state index contributed by atoms with van der Waals surface area (Å²) in [5, 5.41) is 8.41. The molecule has 1 aliphatic heterocycles. The van der Waals surface area contributed by atoms with Crippen LogP contribution in [0.2, 0.25) is 0 Å². The lowest BCUT2D eigenvalue weighted by Gasteiger charge is -2.28. The quantitative estimate of drug-likeness (QED) is 0.184. The third-order valence-electron chi connectivity index (χ3n) is 11.7. The second-order valence-electron chi connectivity index (χ2n) is 15.4. The molecule has 272 valence electrons. The molecule has 0 bridgehead atoms. The van der Waals surface area contributed by atoms with Crippen molar-refractivity contribution >= 4 is 71.0 Å². The molecule has 57 heavy (non-hydrogen) atoms. The standard InChI is InChI=1S/C52H38N4S/c1-52(2)44-25-12-11-22-39(44)40-29-27-36(31-45(40)52)56(35-19-7-4-8-20-35)37-28-30-42-47(32-37)57-46-26-14-24-43(48(42)46)51-54-49(34-16-5-3-6-17-34)53-50(55-51)41-23-13-18-33-15-9-10-21-38(33)41/h3-32,49H,1-2H3,(H,53,54,55). The second kappa shape index (κ2) is 13.1. The van der Waals surface area contributed by atoms with Crippen LogP contribution in [0.5, 0.6) is 0 Å². The number of hydrogen-bond donors (Lipinski definition) is 1. The van der Waals surface area contributed by atoms with Gasteiger partial charge in [0.25, 0.3) is 0 Å². The summed E-state index contributed by atoms with van der Waals surface area (Å²) in [6.45, 7) is 4.69. The van der Waals surface area contributed by atoms with Crippen molar-refractivity contribution in [3.05, 3.63) is 210 Å². The molecule has 1 aromatic heterocycles. The third-order valence-corrected chi connectivity index (χ3v) is 12.8. The minimum absolute atomic E-state index is 0.0943. The summed E-state index contributed by atoms with van der Waals surface area (Å²) in [5.74, 6) is 1.55. The Morgan fingerprint density at radius 2 is 1.19 bits per heavy atom. The number of aliphatic imine (C=N–C) groups is 2. The lowest BCUT2D eigenvalue weighted by Crippen LogP contribution is -2.33. The molecule has 11 rings (SSSR count). The summed E-state index contributed by atoms with van der Waals surface area (Å²) in [7, 11) is 0. The highest BCUT2D eigenvalue weighted by molar-refractivity contribution is 7.26. The van der Waals surface area contributed by atoms with Crippen LogP contribution in [-0.2, 0) is 5.41 Å². The fourth-order valence-electron chi connectivity index (χ4n) is 8.94. The first kappa shape index (κ1) is 33.5. The van der Waals surface area contributed by atoms with E-state index in [0.717, 1.165) is 50.8 Å². The van der Waals surface area contributed by atoms with Crippen molar-refractivity contribution in [1.82, 2.24) is 5.32 Å². The normalized spacial score (nSPS) is 15.5. The van der Waals surface area contributed by atoms with Gasteiger partial charge in [-0.3, -0.25) is 0 Å². The molecule has 4 nitrogen and oxygen atoms in total. The van der Waals surface area contributed by atoms with E-state index in [1.165, 1.54) is 47.8 Å². The highest BCUT2D eigenvalue weighted by Crippen LogP contribution is 2.51. The lowest BCUT2D eigenvalue weighted by molar-refractivity contribution is 0.660. The van der Waals surface area contributed by atoms with Crippen LogP contribution in [0.15, 0.2) is 192 Å². The van der Waals surface area contributed by atoms with Crippen molar-refractivity contribution in [3.63, 3.8) is 0 Å². The molecule has 1 N–H and O–H groups in total. The average molecular weight is 751 g/mol. The zero-order valence-corrected chi connectivity index (χ0v) is 32.5. The second-order valence-corrected chi connectivity index (χ2v) is 16.5. The number of benzene rings is 8. The zero-order valence-electron chi connectivity index (χ0n) is 31.6. The molecule has 8 aromatic carbocycles. The number of rotatable bonds is 6. The molecule has 0 spiro atoms. The van der Waals surface area contributed by atoms with E-state index in [9.17, 15) is 0 Å². The Bertz CT molecular complexity index is 3080. The van der Waals surface area contributed by atoms with Gasteiger partial charge in [-0.2, -0.15) is 0 Å². The number of fused-ring (bicyclic) bond motifs is 7. The van der Waals surface area contributed by atoms with Gasteiger partial charge in [0.2, 0.25) is 0 Å². The van der Waals surface area contributed by atoms with E-state index < -0.39 is 0 Å². The number of amidine groups is 2. The molecule has 0 saturated heterocycles. The van der Waals surface area contributed by atoms with Gasteiger partial charge in [-0.25, -0.2) is 9.98 Å². The molecular formula is C52H38N4S. The van der Waals surface area contributed by atoms with Crippen LogP contribution in [0, 0.1) is 0 Å². The van der Waals surface area contributed by atoms with Crippen LogP contribution in [0.3, 0.4) is 0 Å². The summed E-state index contributed by atoms with van der Waals surface area (Å²) in [6.07, 6.45) is -0.288. The van der Waals surface area contributed by atoms with Crippen LogP contribution >= 0.6 is 11.3 Å². The van der Waals surface area contributed by atoms with Crippen LogP contribution in [0.4, 0.5) is 17.1 Å². The molecule has 1 atom stereocenters. The van der Waals surface area contributed by atoms with E-state index in [2.05, 4.69) is 200 Å². The number of anilines is 3. The van der Waals surface area contributed by atoms with E-state index in [-0.39, 0.29) is 11.6 Å². The van der Waals surface area contributed by atoms with Gasteiger partial charge >= 0.3 is 0 Å². The summed E-state index contributed by atoms with van der Waals surface area (Å²) >= 11 is 1.82. The van der Waals surface area contributed by atoms with Crippen molar-refractivity contribution < 1.29 is 0 Å². The van der Waals surface area contributed by atoms with E-state index in [1.807, 2.05) is 17.4 Å². The third kappa shape index (κ3) is 5.49. The summed E-state index contributed by atoms with van der Waals surface area (Å²) in [4.78, 5) is 13.0. The first-order chi connectivity index (χ1) is 28.0. The molecule has 0 radical (unpaired) electrons. The largest absolute Gasteiger partial charge is 0.344 e. The highest BCUT2D eigenvalue weighted by Gasteiger charge is 2.36. The number of hydrogen-bond acceptors (Lipinski definition) is 5. The van der Waals surface area contributed by atoms with E-state index in [4.69, 9.17) is 9.98 Å². The Kier molecular flexibility index (Phi) is 7.73. The Morgan fingerprint density at radius 1 is 0.526 bits per heavy atom. The molecule has 1 unspecified atom stereocenters. The predicted octanol–water partition coefficient (Wildman–Crippen LogP) is 13.5. The van der Waals surface area contributed by atoms with Gasteiger partial charge in [-0.15, -0.1) is 11.3 Å². The molecule has 2 aliphatic rings. The van der Waals surface area contributed by atoms with Crippen molar-refractivity contribution in [2.24, 2.45) is 9.98 Å². The Hall–Kier alpha value is -6.82. The number of para-hydroxylation sites is 1. The van der Waals surface area contributed by atoms with Gasteiger partial charge in [-0.1, -0.05) is 153 Å². The highest BCUT2D eigenvalue weighted by atomic mass is 32.1. The van der Waals surface area contributed by atoms with Gasteiger partial charge < -0.3 is 10.2 Å². The maximum atomic E-state index is 5.32. The number of nitrogens with one attached hydrogen (secondary N) is 1. The van der Waals surface area contributed by atoms with Crippen molar-refractivity contribution in [2.75, 3.05) is 4.90 Å². The topological polar surface area (TPSA) is 40.0 Å². The first-order valence-electron chi connectivity index (χ1n) is 19.5. The fourth-order valence-corrected chi connectivity index (χ4v) is 10.1. The Morgan fingerprint density at radius 3 is 2.07 bits per heavy atom. The van der Waals surface area contributed by atoms with Gasteiger partial charge in [0, 0.05) is 53.8 Å². The molecular weight excluding hydrogens is 713 g/mol. The molecule has 2 heterocycles. The van der Waals surface area contributed by atoms with Gasteiger partial charge in [-0.05, 0) is 81.1 Å². The monoisotopic (exact) mass is 750 g/mol. The lowest BCUT2D eigenvalue weighted by atomic mass is 9.82. The fraction of sp³-hybridized carbons (Fsp3) is 0.0769. The Labute approximate surface area is 336 Å². The van der Waals surface area contributed by atoms with Crippen LogP contribution in [0.25, 0.3) is 42.1 Å². The minimum Gasteiger partial charge on any atom is -0.344 e. The maximum absolute atomic E-state index is 5.32. The van der Waals surface area contributed by atoms with Crippen molar-refractivity contribution in [3.8, 4) is 11.1 Å². The van der Waals surface area contributed by atoms with Crippen LogP contribution < -0.4 is 10.2 Å². The van der Waals surface area contributed by atoms with E-state index in [1.54, 1.807) is 0 Å². The van der Waals surface area contributed by atoms with Crippen molar-refractivity contribution in [1.29, 1.82) is 0 Å². The SMILES string of the molecule is CC1(C)c2ccccc2-c2ccc(N(c3ccccc3)c3ccc4c(c3)sc3cccc(C5=NC(c6ccccc6)NC(c6cccc7ccccc67)=N5)c34)cc21. The predicted molar refractivity (Wildman–Crippen MR) is 241 cm³/mol. The average Bonchev–Trinajstić information content (AvgIpc) is 3.75. The molecule has 9 aromatic rings. The minimum atomic E-state index is -0.288. The summed E-state index contributed by atoms with van der Waals surface area (Å²) in [5.41, 5.74) is 11.9. The molecule has 0 fully saturated rings. The van der Waals surface area contributed by atoms with Crippen LogP contribution in [-0.4, -0.2) is 11.7 Å². The van der Waals surface area contributed by atoms with Gasteiger partial charge in [0.1, 0.15) is 12.0 Å². The Balaban J connectivity index is 1.06. The van der Waals surface area contributed by atoms with Gasteiger partial charge in [0.15, 0.2) is 5.84 Å².